The van der Waals surface area contributed by atoms with Crippen LogP contribution in [0.15, 0.2) is 18.2 Å². The fourth-order valence-electron chi connectivity index (χ4n) is 1.27. The Bertz CT molecular complexity index is 481. The predicted octanol–water partition coefficient (Wildman–Crippen LogP) is 2.40. The molecule has 0 radical (unpaired) electrons. The minimum Gasteiger partial charge on any atom is -0.508 e. The van der Waals surface area contributed by atoms with Crippen molar-refractivity contribution in [2.24, 2.45) is 0 Å². The molecular formula is C10H9ClN2O2S. The first-order valence-corrected chi connectivity index (χ1v) is 5.96. The second-order valence-corrected chi connectivity index (χ2v) is 4.62. The topological polar surface area (TPSA) is 66.2 Å². The predicted molar refractivity (Wildman–Crippen MR) is 63.1 cm³/mol. The molecule has 0 aliphatic rings. The number of phenolic OH excluding ortho intramolecular Hbond substituents is 2. The smallest absolute Gasteiger partial charge is 0.148 e. The molecule has 1 aromatic heterocycles. The SMILES string of the molecule is Oc1cc(O)cc(-c2nnc(CCCl)s2)c1. The van der Waals surface area contributed by atoms with Gasteiger partial charge in [-0.15, -0.1) is 21.8 Å². The van der Waals surface area contributed by atoms with E-state index in [9.17, 15) is 10.2 Å². The Kier molecular flexibility index (Phi) is 3.26. The van der Waals surface area contributed by atoms with Gasteiger partial charge in [-0.25, -0.2) is 0 Å². The van der Waals surface area contributed by atoms with Gasteiger partial charge in [-0.2, -0.15) is 0 Å². The number of benzene rings is 1. The molecule has 0 saturated carbocycles. The lowest BCUT2D eigenvalue weighted by Gasteiger charge is -1.98. The number of alkyl halides is 1. The van der Waals surface area contributed by atoms with Gasteiger partial charge in [0, 0.05) is 23.9 Å². The van der Waals surface area contributed by atoms with Gasteiger partial charge in [0.2, 0.25) is 0 Å². The molecule has 1 aromatic carbocycles. The van der Waals surface area contributed by atoms with Crippen molar-refractivity contribution in [3.63, 3.8) is 0 Å². The number of phenols is 2. The molecule has 1 heterocycles. The molecule has 0 unspecified atom stereocenters. The maximum absolute atomic E-state index is 9.34. The third-order valence-electron chi connectivity index (χ3n) is 1.92. The monoisotopic (exact) mass is 256 g/mol. The Morgan fingerprint density at radius 2 is 1.81 bits per heavy atom. The maximum Gasteiger partial charge on any atom is 0.148 e. The molecule has 0 aliphatic carbocycles. The molecule has 0 fully saturated rings. The third kappa shape index (κ3) is 2.43. The number of halogens is 1. The van der Waals surface area contributed by atoms with E-state index in [1.165, 1.54) is 29.5 Å². The van der Waals surface area contributed by atoms with Crippen molar-refractivity contribution in [1.82, 2.24) is 10.2 Å². The molecule has 84 valence electrons. The van der Waals surface area contributed by atoms with Crippen molar-refractivity contribution in [2.75, 3.05) is 5.88 Å². The fraction of sp³-hybridized carbons (Fsp3) is 0.200. The van der Waals surface area contributed by atoms with Crippen LogP contribution in [-0.2, 0) is 6.42 Å². The van der Waals surface area contributed by atoms with Crippen LogP contribution in [0.4, 0.5) is 0 Å². The second-order valence-electron chi connectivity index (χ2n) is 3.18. The van der Waals surface area contributed by atoms with E-state index in [2.05, 4.69) is 10.2 Å². The molecule has 0 amide bonds. The van der Waals surface area contributed by atoms with E-state index in [-0.39, 0.29) is 11.5 Å². The zero-order valence-electron chi connectivity index (χ0n) is 8.22. The van der Waals surface area contributed by atoms with Crippen LogP contribution in [0, 0.1) is 0 Å². The van der Waals surface area contributed by atoms with Crippen LogP contribution >= 0.6 is 22.9 Å². The lowest BCUT2D eigenvalue weighted by molar-refractivity contribution is 0.451. The summed E-state index contributed by atoms with van der Waals surface area (Å²) in [5.41, 5.74) is 0.649. The molecule has 0 bridgehead atoms. The van der Waals surface area contributed by atoms with Gasteiger partial charge in [-0.05, 0) is 12.1 Å². The van der Waals surface area contributed by atoms with Gasteiger partial charge in [0.1, 0.15) is 21.5 Å². The Balaban J connectivity index is 2.34. The summed E-state index contributed by atoms with van der Waals surface area (Å²) in [7, 11) is 0. The van der Waals surface area contributed by atoms with Crippen molar-refractivity contribution < 1.29 is 10.2 Å². The van der Waals surface area contributed by atoms with Gasteiger partial charge in [0.25, 0.3) is 0 Å². The first-order valence-electron chi connectivity index (χ1n) is 4.61. The lowest BCUT2D eigenvalue weighted by Crippen LogP contribution is -1.83. The van der Waals surface area contributed by atoms with Crippen LogP contribution in [0.3, 0.4) is 0 Å². The van der Waals surface area contributed by atoms with Gasteiger partial charge in [0.05, 0.1) is 0 Å². The number of aromatic nitrogens is 2. The largest absolute Gasteiger partial charge is 0.508 e. The summed E-state index contributed by atoms with van der Waals surface area (Å²) in [5.74, 6) is 0.508. The average Bonchev–Trinajstić information content (AvgIpc) is 2.65. The Morgan fingerprint density at radius 1 is 1.12 bits per heavy atom. The van der Waals surface area contributed by atoms with Crippen LogP contribution in [0.1, 0.15) is 5.01 Å². The van der Waals surface area contributed by atoms with Crippen LogP contribution in [0.25, 0.3) is 10.6 Å². The summed E-state index contributed by atoms with van der Waals surface area (Å²) in [5, 5.41) is 28.1. The van der Waals surface area contributed by atoms with Crippen molar-refractivity contribution >= 4 is 22.9 Å². The molecule has 0 atom stereocenters. The number of aryl methyl sites for hydroxylation is 1. The number of hydrogen-bond donors (Lipinski definition) is 2. The van der Waals surface area contributed by atoms with E-state index in [4.69, 9.17) is 11.6 Å². The highest BCUT2D eigenvalue weighted by molar-refractivity contribution is 7.14. The summed E-state index contributed by atoms with van der Waals surface area (Å²) in [6, 6.07) is 4.33. The summed E-state index contributed by atoms with van der Waals surface area (Å²) in [4.78, 5) is 0. The van der Waals surface area contributed by atoms with Crippen LogP contribution in [0.5, 0.6) is 11.5 Å². The van der Waals surface area contributed by atoms with E-state index in [0.29, 0.717) is 22.9 Å². The van der Waals surface area contributed by atoms with E-state index < -0.39 is 0 Å². The van der Waals surface area contributed by atoms with Crippen LogP contribution < -0.4 is 0 Å². The summed E-state index contributed by atoms with van der Waals surface area (Å²) in [6.45, 7) is 0. The van der Waals surface area contributed by atoms with Gasteiger partial charge in [-0.3, -0.25) is 0 Å². The third-order valence-corrected chi connectivity index (χ3v) is 3.15. The van der Waals surface area contributed by atoms with Crippen molar-refractivity contribution in [3.8, 4) is 22.1 Å². The normalized spacial score (nSPS) is 10.6. The highest BCUT2D eigenvalue weighted by Gasteiger charge is 2.08. The molecule has 0 aliphatic heterocycles. The van der Waals surface area contributed by atoms with E-state index in [1.54, 1.807) is 0 Å². The highest BCUT2D eigenvalue weighted by atomic mass is 35.5. The molecule has 2 rings (SSSR count). The molecule has 0 saturated heterocycles. The second kappa shape index (κ2) is 4.67. The highest BCUT2D eigenvalue weighted by Crippen LogP contribution is 2.30. The minimum absolute atomic E-state index is 0.00379. The Hall–Kier alpha value is -1.33. The van der Waals surface area contributed by atoms with Gasteiger partial charge >= 0.3 is 0 Å². The van der Waals surface area contributed by atoms with Crippen LogP contribution in [-0.4, -0.2) is 26.3 Å². The number of hydrogen-bond acceptors (Lipinski definition) is 5. The maximum atomic E-state index is 9.34. The average molecular weight is 257 g/mol. The summed E-state index contributed by atoms with van der Waals surface area (Å²) >= 11 is 7.00. The van der Waals surface area contributed by atoms with Crippen molar-refractivity contribution in [2.45, 2.75) is 6.42 Å². The molecule has 2 aromatic rings. The zero-order chi connectivity index (χ0) is 11.5. The van der Waals surface area contributed by atoms with Gasteiger partial charge in [-0.1, -0.05) is 11.3 Å². The van der Waals surface area contributed by atoms with E-state index in [1.807, 2.05) is 0 Å². The zero-order valence-corrected chi connectivity index (χ0v) is 9.79. The fourth-order valence-corrected chi connectivity index (χ4v) is 2.39. The van der Waals surface area contributed by atoms with E-state index >= 15 is 0 Å². The Morgan fingerprint density at radius 3 is 2.44 bits per heavy atom. The number of nitrogens with zero attached hydrogens (tertiary/aromatic N) is 2. The molecule has 4 nitrogen and oxygen atoms in total. The molecular weight excluding hydrogens is 248 g/mol. The Labute approximate surface area is 101 Å². The van der Waals surface area contributed by atoms with Crippen LogP contribution in [0.2, 0.25) is 0 Å². The van der Waals surface area contributed by atoms with Crippen molar-refractivity contribution in [1.29, 1.82) is 0 Å². The standard InChI is InChI=1S/C10H9ClN2O2S/c11-2-1-9-12-13-10(16-9)6-3-7(14)5-8(15)4-6/h3-5,14-15H,1-2H2. The van der Waals surface area contributed by atoms with Gasteiger partial charge < -0.3 is 10.2 Å². The number of rotatable bonds is 3. The molecule has 16 heavy (non-hydrogen) atoms. The quantitative estimate of drug-likeness (QED) is 0.828. The first-order chi connectivity index (χ1) is 7.69. The lowest BCUT2D eigenvalue weighted by atomic mass is 10.2. The van der Waals surface area contributed by atoms with Gasteiger partial charge in [0.15, 0.2) is 0 Å². The van der Waals surface area contributed by atoms with Crippen molar-refractivity contribution in [3.05, 3.63) is 23.2 Å². The van der Waals surface area contributed by atoms with E-state index in [0.717, 1.165) is 5.01 Å². The summed E-state index contributed by atoms with van der Waals surface area (Å²) in [6.07, 6.45) is 0.671. The molecule has 6 heteroatoms. The first kappa shape index (κ1) is 11.2. The summed E-state index contributed by atoms with van der Waals surface area (Å²) < 4.78 is 0. The molecule has 2 N–H and O–H groups in total. The minimum atomic E-state index is 0.00379. The molecule has 0 spiro atoms. The number of aromatic hydroxyl groups is 2.